The van der Waals surface area contributed by atoms with E-state index in [1.807, 2.05) is 54.6 Å². The summed E-state index contributed by atoms with van der Waals surface area (Å²) in [5, 5.41) is 5.18. The second kappa shape index (κ2) is 7.96. The van der Waals surface area contributed by atoms with E-state index in [1.54, 1.807) is 24.9 Å². The number of hydrogen-bond donors (Lipinski definition) is 1. The summed E-state index contributed by atoms with van der Waals surface area (Å²) < 4.78 is 23.2. The first-order valence-electron chi connectivity index (χ1n) is 8.79. The van der Waals surface area contributed by atoms with Crippen LogP contribution < -0.4 is 5.14 Å². The fourth-order valence-electron chi connectivity index (χ4n) is 2.99. The van der Waals surface area contributed by atoms with Crippen molar-refractivity contribution in [2.24, 2.45) is 5.14 Å². The molecule has 0 atom stereocenters. The standard InChI is InChI=1S/C22H22N2O3S/c1-16-8-13-20(28(23,26)27)14-21(16)22(25)24(2)15-17-9-11-19(12-10-17)18-6-4-3-5-7-18/h3-14H,15H2,1-2H3,(H2,23,26,27). The monoisotopic (exact) mass is 394 g/mol. The number of carbonyl (C=O) groups is 1. The largest absolute Gasteiger partial charge is 0.337 e. The second-order valence-corrected chi connectivity index (χ2v) is 8.31. The molecular weight excluding hydrogens is 372 g/mol. The van der Waals surface area contributed by atoms with Crippen LogP contribution in [-0.4, -0.2) is 26.3 Å². The summed E-state index contributed by atoms with van der Waals surface area (Å²) in [6.07, 6.45) is 0. The molecule has 0 aromatic heterocycles. The van der Waals surface area contributed by atoms with Gasteiger partial charge in [-0.15, -0.1) is 0 Å². The van der Waals surface area contributed by atoms with Crippen molar-refractivity contribution in [3.63, 3.8) is 0 Å². The maximum Gasteiger partial charge on any atom is 0.254 e. The van der Waals surface area contributed by atoms with E-state index < -0.39 is 10.0 Å². The van der Waals surface area contributed by atoms with Gasteiger partial charge in [0.15, 0.2) is 0 Å². The molecule has 0 fully saturated rings. The van der Waals surface area contributed by atoms with Crippen molar-refractivity contribution in [3.8, 4) is 11.1 Å². The molecule has 2 N–H and O–H groups in total. The van der Waals surface area contributed by atoms with E-state index in [-0.39, 0.29) is 10.8 Å². The van der Waals surface area contributed by atoms with Gasteiger partial charge in [0.1, 0.15) is 0 Å². The molecule has 0 saturated heterocycles. The average molecular weight is 394 g/mol. The highest BCUT2D eigenvalue weighted by Crippen LogP contribution is 2.21. The van der Waals surface area contributed by atoms with Crippen molar-refractivity contribution < 1.29 is 13.2 Å². The molecule has 0 spiro atoms. The number of primary sulfonamides is 1. The average Bonchev–Trinajstić information content (AvgIpc) is 2.68. The summed E-state index contributed by atoms with van der Waals surface area (Å²) in [7, 11) is -2.17. The second-order valence-electron chi connectivity index (χ2n) is 6.75. The van der Waals surface area contributed by atoms with Crippen LogP contribution in [-0.2, 0) is 16.6 Å². The summed E-state index contributed by atoms with van der Waals surface area (Å²) in [6.45, 7) is 2.18. The molecule has 0 aliphatic carbocycles. The number of nitrogens with two attached hydrogens (primary N) is 1. The van der Waals surface area contributed by atoms with E-state index in [1.165, 1.54) is 12.1 Å². The number of sulfonamides is 1. The number of nitrogens with zero attached hydrogens (tertiary/aromatic N) is 1. The number of aryl methyl sites for hydroxylation is 1. The molecule has 3 aromatic carbocycles. The van der Waals surface area contributed by atoms with E-state index in [0.29, 0.717) is 17.7 Å². The number of benzene rings is 3. The van der Waals surface area contributed by atoms with E-state index >= 15 is 0 Å². The highest BCUT2D eigenvalue weighted by atomic mass is 32.2. The van der Waals surface area contributed by atoms with E-state index in [0.717, 1.165) is 16.7 Å². The van der Waals surface area contributed by atoms with Gasteiger partial charge in [0.25, 0.3) is 5.91 Å². The van der Waals surface area contributed by atoms with Gasteiger partial charge in [-0.3, -0.25) is 4.79 Å². The normalized spacial score (nSPS) is 11.2. The zero-order valence-corrected chi connectivity index (χ0v) is 16.6. The predicted molar refractivity (Wildman–Crippen MR) is 110 cm³/mol. The van der Waals surface area contributed by atoms with E-state index in [2.05, 4.69) is 0 Å². The lowest BCUT2D eigenvalue weighted by Crippen LogP contribution is -2.27. The lowest BCUT2D eigenvalue weighted by molar-refractivity contribution is 0.0784. The lowest BCUT2D eigenvalue weighted by atomic mass is 10.0. The van der Waals surface area contributed by atoms with Crippen LogP contribution in [0.2, 0.25) is 0 Å². The van der Waals surface area contributed by atoms with Crippen molar-refractivity contribution >= 4 is 15.9 Å². The van der Waals surface area contributed by atoms with Crippen molar-refractivity contribution in [1.82, 2.24) is 4.90 Å². The van der Waals surface area contributed by atoms with Gasteiger partial charge in [0, 0.05) is 19.2 Å². The molecule has 28 heavy (non-hydrogen) atoms. The number of rotatable bonds is 5. The Morgan fingerprint density at radius 3 is 2.14 bits per heavy atom. The third kappa shape index (κ3) is 4.47. The van der Waals surface area contributed by atoms with Crippen LogP contribution >= 0.6 is 0 Å². The molecule has 144 valence electrons. The van der Waals surface area contributed by atoms with Crippen molar-refractivity contribution in [3.05, 3.63) is 89.5 Å². The van der Waals surface area contributed by atoms with Crippen LogP contribution in [0.1, 0.15) is 21.5 Å². The van der Waals surface area contributed by atoms with Crippen molar-refractivity contribution in [2.75, 3.05) is 7.05 Å². The summed E-state index contributed by atoms with van der Waals surface area (Å²) in [6, 6.07) is 22.4. The molecule has 0 saturated carbocycles. The topological polar surface area (TPSA) is 80.5 Å². The maximum atomic E-state index is 12.8. The Morgan fingerprint density at radius 2 is 1.54 bits per heavy atom. The van der Waals surface area contributed by atoms with Gasteiger partial charge in [-0.05, 0) is 41.3 Å². The zero-order chi connectivity index (χ0) is 20.3. The van der Waals surface area contributed by atoms with Crippen molar-refractivity contribution in [2.45, 2.75) is 18.4 Å². The van der Waals surface area contributed by atoms with Gasteiger partial charge in [0.05, 0.1) is 4.90 Å². The zero-order valence-electron chi connectivity index (χ0n) is 15.8. The predicted octanol–water partition coefficient (Wildman–Crippen LogP) is 3.58. The Kier molecular flexibility index (Phi) is 5.63. The van der Waals surface area contributed by atoms with Crippen LogP contribution in [0.15, 0.2) is 77.7 Å². The fourth-order valence-corrected chi connectivity index (χ4v) is 3.53. The molecule has 3 rings (SSSR count). The van der Waals surface area contributed by atoms with Gasteiger partial charge >= 0.3 is 0 Å². The van der Waals surface area contributed by atoms with Gasteiger partial charge in [-0.25, -0.2) is 13.6 Å². The fraction of sp³-hybridized carbons (Fsp3) is 0.136. The third-order valence-corrected chi connectivity index (χ3v) is 5.51. The molecule has 5 nitrogen and oxygen atoms in total. The summed E-state index contributed by atoms with van der Waals surface area (Å²) >= 11 is 0. The smallest absolute Gasteiger partial charge is 0.254 e. The molecule has 0 aliphatic rings. The molecule has 0 aliphatic heterocycles. The molecule has 0 radical (unpaired) electrons. The van der Waals surface area contributed by atoms with Crippen LogP contribution in [0, 0.1) is 6.92 Å². The molecule has 6 heteroatoms. The van der Waals surface area contributed by atoms with Crippen LogP contribution in [0.25, 0.3) is 11.1 Å². The van der Waals surface area contributed by atoms with Crippen LogP contribution in [0.4, 0.5) is 0 Å². The number of carbonyl (C=O) groups excluding carboxylic acids is 1. The number of hydrogen-bond acceptors (Lipinski definition) is 3. The van der Waals surface area contributed by atoms with E-state index in [9.17, 15) is 13.2 Å². The summed E-state index contributed by atoms with van der Waals surface area (Å²) in [5.41, 5.74) is 4.25. The Morgan fingerprint density at radius 1 is 0.929 bits per heavy atom. The Balaban J connectivity index is 1.78. The number of amides is 1. The first kappa shape index (κ1) is 19.8. The van der Waals surface area contributed by atoms with Gasteiger partial charge in [0.2, 0.25) is 10.0 Å². The summed E-state index contributed by atoms with van der Waals surface area (Å²) in [4.78, 5) is 14.3. The first-order chi connectivity index (χ1) is 13.3. The van der Waals surface area contributed by atoms with Gasteiger partial charge in [-0.1, -0.05) is 60.7 Å². The van der Waals surface area contributed by atoms with Crippen molar-refractivity contribution in [1.29, 1.82) is 0 Å². The first-order valence-corrected chi connectivity index (χ1v) is 10.3. The molecule has 3 aromatic rings. The van der Waals surface area contributed by atoms with Crippen LogP contribution in [0.3, 0.4) is 0 Å². The lowest BCUT2D eigenvalue weighted by Gasteiger charge is -2.19. The van der Waals surface area contributed by atoms with Crippen LogP contribution in [0.5, 0.6) is 0 Å². The van der Waals surface area contributed by atoms with Gasteiger partial charge < -0.3 is 4.90 Å². The van der Waals surface area contributed by atoms with Gasteiger partial charge in [-0.2, -0.15) is 0 Å². The minimum absolute atomic E-state index is 0.0675. The van der Waals surface area contributed by atoms with E-state index in [4.69, 9.17) is 5.14 Å². The quantitative estimate of drug-likeness (QED) is 0.718. The SMILES string of the molecule is Cc1ccc(S(N)(=O)=O)cc1C(=O)N(C)Cc1ccc(-c2ccccc2)cc1. The molecule has 0 unspecified atom stereocenters. The minimum Gasteiger partial charge on any atom is -0.337 e. The maximum absolute atomic E-state index is 12.8. The minimum atomic E-state index is -3.86. The molecule has 0 bridgehead atoms. The highest BCUT2D eigenvalue weighted by molar-refractivity contribution is 7.89. The third-order valence-electron chi connectivity index (χ3n) is 4.60. The molecule has 1 amide bonds. The Hall–Kier alpha value is -2.96. The highest BCUT2D eigenvalue weighted by Gasteiger charge is 2.18. The molecular formula is C22H22N2O3S. The Bertz CT molecular complexity index is 1090. The summed E-state index contributed by atoms with van der Waals surface area (Å²) in [5.74, 6) is -0.255. The molecule has 0 heterocycles. The Labute approximate surface area is 165 Å².